The van der Waals surface area contributed by atoms with Crippen molar-refractivity contribution >= 4 is 18.4 Å². The Hall–Kier alpha value is -2.73. The van der Waals surface area contributed by atoms with Crippen molar-refractivity contribution in [3.8, 4) is 5.75 Å². The van der Waals surface area contributed by atoms with Crippen LogP contribution in [0.4, 0.5) is 0 Å². The number of aromatic amines is 1. The number of H-pyrrole nitrogens is 1. The normalized spacial score (nSPS) is 11.1. The average Bonchev–Trinajstić information content (AvgIpc) is 3.00. The third-order valence-corrected chi connectivity index (χ3v) is 4.03. The van der Waals surface area contributed by atoms with Gasteiger partial charge in [-0.1, -0.05) is 36.8 Å². The average molecular weight is 352 g/mol. The third-order valence-electron chi connectivity index (χ3n) is 3.76. The number of hydrogen-bond acceptors (Lipinski definition) is 4. The summed E-state index contributed by atoms with van der Waals surface area (Å²) in [5.41, 5.74) is 3.36. The van der Waals surface area contributed by atoms with Gasteiger partial charge in [-0.25, -0.2) is 0 Å². The molecule has 1 aromatic heterocycles. The maximum absolute atomic E-state index is 5.81. The maximum Gasteiger partial charge on any atom is 0.216 e. The Morgan fingerprint density at radius 2 is 1.88 bits per heavy atom. The van der Waals surface area contributed by atoms with Crippen LogP contribution in [-0.4, -0.2) is 21.1 Å². The Kier molecular flexibility index (Phi) is 5.40. The van der Waals surface area contributed by atoms with Gasteiger partial charge in [0.15, 0.2) is 5.82 Å². The van der Waals surface area contributed by atoms with Crippen LogP contribution in [0.15, 0.2) is 53.6 Å². The summed E-state index contributed by atoms with van der Waals surface area (Å²) in [6, 6.07) is 16.1. The summed E-state index contributed by atoms with van der Waals surface area (Å²) in [4.78, 5) is 0. The maximum atomic E-state index is 5.81. The Labute approximate surface area is 152 Å². The Balaban J connectivity index is 1.64. The number of benzene rings is 2. The smallest absolute Gasteiger partial charge is 0.216 e. The largest absolute Gasteiger partial charge is 0.489 e. The first-order valence-corrected chi connectivity index (χ1v) is 8.55. The zero-order valence-electron chi connectivity index (χ0n) is 14.3. The molecule has 6 heteroatoms. The van der Waals surface area contributed by atoms with Crippen LogP contribution < -0.4 is 4.74 Å². The van der Waals surface area contributed by atoms with Crippen molar-refractivity contribution in [1.82, 2.24) is 14.9 Å². The lowest BCUT2D eigenvalue weighted by atomic mass is 10.2. The van der Waals surface area contributed by atoms with Gasteiger partial charge in [0.2, 0.25) is 4.77 Å². The molecule has 0 atom stereocenters. The monoisotopic (exact) mass is 352 g/mol. The molecule has 25 heavy (non-hydrogen) atoms. The highest BCUT2D eigenvalue weighted by Gasteiger charge is 2.01. The Morgan fingerprint density at radius 3 is 2.56 bits per heavy atom. The Bertz CT molecular complexity index is 908. The van der Waals surface area contributed by atoms with Crippen LogP contribution in [0.25, 0.3) is 0 Å². The van der Waals surface area contributed by atoms with Gasteiger partial charge in [0.25, 0.3) is 0 Å². The molecule has 3 rings (SSSR count). The highest BCUT2D eigenvalue weighted by Crippen LogP contribution is 2.14. The standard InChI is InChI=1S/C19H20N4OS/c1-3-18-21-22-19(25)23(18)20-12-15-8-10-17(11-9-15)24-13-16-6-4-14(2)5-7-16/h4-12H,3,13H2,1-2H3,(H,22,25)/b20-12-. The number of hydrogen-bond donors (Lipinski definition) is 1. The molecule has 0 saturated heterocycles. The predicted molar refractivity (Wildman–Crippen MR) is 102 cm³/mol. The van der Waals surface area contributed by atoms with Crippen molar-refractivity contribution in [3.05, 3.63) is 75.8 Å². The fraction of sp³-hybridized carbons (Fsp3) is 0.211. The van der Waals surface area contributed by atoms with Crippen LogP contribution in [-0.2, 0) is 13.0 Å². The molecule has 1 N–H and O–H groups in total. The molecule has 0 amide bonds. The number of aromatic nitrogens is 3. The summed E-state index contributed by atoms with van der Waals surface area (Å²) in [6.45, 7) is 4.64. The van der Waals surface area contributed by atoms with E-state index in [1.54, 1.807) is 10.9 Å². The van der Waals surface area contributed by atoms with Crippen molar-refractivity contribution in [2.75, 3.05) is 0 Å². The minimum absolute atomic E-state index is 0.492. The number of nitrogens with one attached hydrogen (secondary N) is 1. The van der Waals surface area contributed by atoms with Gasteiger partial charge in [0, 0.05) is 6.42 Å². The molecule has 0 saturated carbocycles. The highest BCUT2D eigenvalue weighted by molar-refractivity contribution is 7.71. The molecule has 3 aromatic rings. The first-order valence-electron chi connectivity index (χ1n) is 8.15. The minimum Gasteiger partial charge on any atom is -0.489 e. The van der Waals surface area contributed by atoms with E-state index in [-0.39, 0.29) is 0 Å². The van der Waals surface area contributed by atoms with Crippen LogP contribution in [0, 0.1) is 11.7 Å². The van der Waals surface area contributed by atoms with Crippen LogP contribution in [0.3, 0.4) is 0 Å². The lowest BCUT2D eigenvalue weighted by molar-refractivity contribution is 0.306. The summed E-state index contributed by atoms with van der Waals surface area (Å²) in [5, 5.41) is 11.3. The number of nitrogens with zero attached hydrogens (tertiary/aromatic N) is 3. The minimum atomic E-state index is 0.492. The summed E-state index contributed by atoms with van der Waals surface area (Å²) < 4.78 is 7.94. The number of rotatable bonds is 6. The molecule has 0 aliphatic carbocycles. The van der Waals surface area contributed by atoms with E-state index in [4.69, 9.17) is 17.0 Å². The van der Waals surface area contributed by atoms with Crippen LogP contribution in [0.2, 0.25) is 0 Å². The van der Waals surface area contributed by atoms with Gasteiger partial charge in [-0.3, -0.25) is 5.10 Å². The van der Waals surface area contributed by atoms with E-state index in [0.29, 0.717) is 11.4 Å². The molecule has 5 nitrogen and oxygen atoms in total. The topological polar surface area (TPSA) is 55.2 Å². The molecule has 0 fully saturated rings. The van der Waals surface area contributed by atoms with Crippen molar-refractivity contribution in [3.63, 3.8) is 0 Å². The van der Waals surface area contributed by atoms with Crippen LogP contribution in [0.5, 0.6) is 5.75 Å². The van der Waals surface area contributed by atoms with Crippen molar-refractivity contribution in [1.29, 1.82) is 0 Å². The molecule has 0 bridgehead atoms. The molecule has 0 unspecified atom stereocenters. The summed E-state index contributed by atoms with van der Waals surface area (Å²) in [6.07, 6.45) is 2.52. The van der Waals surface area contributed by atoms with Crippen molar-refractivity contribution in [2.24, 2.45) is 5.10 Å². The van der Waals surface area contributed by atoms with Crippen LogP contribution in [0.1, 0.15) is 29.4 Å². The van der Waals surface area contributed by atoms with Gasteiger partial charge in [0.1, 0.15) is 12.4 Å². The zero-order valence-corrected chi connectivity index (χ0v) is 15.1. The summed E-state index contributed by atoms with van der Waals surface area (Å²) >= 11 is 5.18. The first kappa shape index (κ1) is 17.1. The molecule has 0 aliphatic rings. The molecule has 0 spiro atoms. The first-order chi connectivity index (χ1) is 12.2. The van der Waals surface area contributed by atoms with Gasteiger partial charge in [-0.15, -0.1) is 0 Å². The van der Waals surface area contributed by atoms with E-state index in [1.807, 2.05) is 31.2 Å². The van der Waals surface area contributed by atoms with E-state index in [9.17, 15) is 0 Å². The van der Waals surface area contributed by atoms with E-state index in [0.717, 1.165) is 29.1 Å². The number of ether oxygens (including phenoxy) is 1. The summed E-state index contributed by atoms with van der Waals surface area (Å²) in [5.74, 6) is 1.63. The Morgan fingerprint density at radius 1 is 1.16 bits per heavy atom. The fourth-order valence-corrected chi connectivity index (χ4v) is 2.50. The van der Waals surface area contributed by atoms with E-state index >= 15 is 0 Å². The zero-order chi connectivity index (χ0) is 17.6. The molecule has 0 radical (unpaired) electrons. The van der Waals surface area contributed by atoms with Crippen molar-refractivity contribution < 1.29 is 4.74 Å². The molecular formula is C19H20N4OS. The molecule has 1 heterocycles. The number of aryl methyl sites for hydroxylation is 2. The molecular weight excluding hydrogens is 332 g/mol. The summed E-state index contributed by atoms with van der Waals surface area (Å²) in [7, 11) is 0. The molecule has 2 aromatic carbocycles. The third kappa shape index (κ3) is 4.42. The second-order valence-corrected chi connectivity index (χ2v) is 6.08. The van der Waals surface area contributed by atoms with Gasteiger partial charge in [0.05, 0.1) is 6.21 Å². The second kappa shape index (κ2) is 7.90. The quantitative estimate of drug-likeness (QED) is 0.532. The van der Waals surface area contributed by atoms with Crippen molar-refractivity contribution in [2.45, 2.75) is 26.9 Å². The van der Waals surface area contributed by atoms with Crippen LogP contribution >= 0.6 is 12.2 Å². The SMILES string of the molecule is CCc1n[nH]c(=S)n1/N=C\c1ccc(OCc2ccc(C)cc2)cc1. The van der Waals surface area contributed by atoms with E-state index in [2.05, 4.69) is 46.5 Å². The van der Waals surface area contributed by atoms with E-state index < -0.39 is 0 Å². The fourth-order valence-electron chi connectivity index (χ4n) is 2.30. The highest BCUT2D eigenvalue weighted by atomic mass is 32.1. The predicted octanol–water partition coefficient (Wildman–Crippen LogP) is 4.27. The lowest BCUT2D eigenvalue weighted by Crippen LogP contribution is -1.98. The van der Waals surface area contributed by atoms with Gasteiger partial charge in [-0.05, 0) is 54.5 Å². The molecule has 0 aliphatic heterocycles. The van der Waals surface area contributed by atoms with Gasteiger partial charge < -0.3 is 4.74 Å². The van der Waals surface area contributed by atoms with Gasteiger partial charge in [-0.2, -0.15) is 14.9 Å². The molecule has 128 valence electrons. The van der Waals surface area contributed by atoms with Gasteiger partial charge >= 0.3 is 0 Å². The lowest BCUT2D eigenvalue weighted by Gasteiger charge is -2.06. The van der Waals surface area contributed by atoms with E-state index in [1.165, 1.54) is 5.56 Å². The second-order valence-electron chi connectivity index (χ2n) is 5.70.